The van der Waals surface area contributed by atoms with Crippen LogP contribution in [0.4, 0.5) is 0 Å². The van der Waals surface area contributed by atoms with Gasteiger partial charge in [-0.05, 0) is 44.2 Å². The van der Waals surface area contributed by atoms with Crippen LogP contribution in [0, 0.1) is 5.92 Å². The van der Waals surface area contributed by atoms with E-state index in [1.165, 1.54) is 0 Å². The fourth-order valence-electron chi connectivity index (χ4n) is 2.13. The highest BCUT2D eigenvalue weighted by molar-refractivity contribution is 5.17. The Morgan fingerprint density at radius 1 is 1.40 bits per heavy atom. The maximum absolute atomic E-state index is 9.47. The largest absolute Gasteiger partial charge is 0.490 e. The van der Waals surface area contributed by atoms with Gasteiger partial charge in [-0.3, -0.25) is 4.98 Å². The Bertz CT molecular complexity index is 300. The first kappa shape index (κ1) is 10.4. The highest BCUT2D eigenvalue weighted by Gasteiger charge is 2.28. The molecule has 3 atom stereocenters. The Kier molecular flexibility index (Phi) is 3.21. The van der Waals surface area contributed by atoms with E-state index >= 15 is 0 Å². The predicted octanol–water partition coefficient (Wildman–Crippen LogP) is 2.01. The van der Waals surface area contributed by atoms with Crippen molar-refractivity contribution in [2.45, 2.75) is 38.4 Å². The van der Waals surface area contributed by atoms with Gasteiger partial charge >= 0.3 is 0 Å². The Hall–Kier alpha value is -1.09. The summed E-state index contributed by atoms with van der Waals surface area (Å²) < 4.78 is 5.80. The molecule has 0 bridgehead atoms. The topological polar surface area (TPSA) is 42.4 Å². The molecule has 3 unspecified atom stereocenters. The lowest BCUT2D eigenvalue weighted by molar-refractivity contribution is 0.117. The second-order valence-electron chi connectivity index (χ2n) is 4.24. The Morgan fingerprint density at radius 2 is 2.13 bits per heavy atom. The zero-order chi connectivity index (χ0) is 10.7. The number of aliphatic hydroxyl groups is 1. The molecule has 1 aliphatic carbocycles. The molecule has 1 aromatic rings. The quantitative estimate of drug-likeness (QED) is 0.824. The van der Waals surface area contributed by atoms with Crippen LogP contribution in [0.3, 0.4) is 0 Å². The van der Waals surface area contributed by atoms with E-state index < -0.39 is 0 Å². The minimum atomic E-state index is -0.212. The van der Waals surface area contributed by atoms with Crippen molar-refractivity contribution in [2.24, 2.45) is 5.92 Å². The average Bonchev–Trinajstić information content (AvgIpc) is 2.68. The molecule has 0 aliphatic heterocycles. The van der Waals surface area contributed by atoms with Crippen molar-refractivity contribution in [3.05, 3.63) is 24.5 Å². The summed E-state index contributed by atoms with van der Waals surface area (Å²) in [5.41, 5.74) is 0. The summed E-state index contributed by atoms with van der Waals surface area (Å²) in [6.07, 6.45) is 6.57. The van der Waals surface area contributed by atoms with E-state index in [1.54, 1.807) is 12.4 Å². The molecule has 0 aromatic carbocycles. The van der Waals surface area contributed by atoms with Gasteiger partial charge in [0.2, 0.25) is 0 Å². The monoisotopic (exact) mass is 207 g/mol. The van der Waals surface area contributed by atoms with E-state index in [4.69, 9.17) is 4.74 Å². The van der Waals surface area contributed by atoms with Gasteiger partial charge < -0.3 is 9.84 Å². The third kappa shape index (κ3) is 2.69. The molecule has 15 heavy (non-hydrogen) atoms. The number of hydrogen-bond donors (Lipinski definition) is 1. The van der Waals surface area contributed by atoms with Gasteiger partial charge in [-0.2, -0.15) is 0 Å². The van der Waals surface area contributed by atoms with Crippen LogP contribution in [0.1, 0.15) is 26.2 Å². The van der Waals surface area contributed by atoms with Gasteiger partial charge in [0.15, 0.2) is 0 Å². The fraction of sp³-hybridized carbons (Fsp3) is 0.583. The van der Waals surface area contributed by atoms with Crippen LogP contribution in [0.2, 0.25) is 0 Å². The molecule has 1 aliphatic rings. The predicted molar refractivity (Wildman–Crippen MR) is 57.7 cm³/mol. The molecule has 82 valence electrons. The van der Waals surface area contributed by atoms with E-state index in [2.05, 4.69) is 4.98 Å². The van der Waals surface area contributed by atoms with E-state index in [1.807, 2.05) is 19.1 Å². The van der Waals surface area contributed by atoms with Crippen LogP contribution in [0.25, 0.3) is 0 Å². The number of nitrogens with zero attached hydrogens (tertiary/aromatic N) is 1. The van der Waals surface area contributed by atoms with Crippen LogP contribution >= 0.6 is 0 Å². The maximum Gasteiger partial charge on any atom is 0.122 e. The van der Waals surface area contributed by atoms with Crippen LogP contribution < -0.4 is 4.74 Å². The molecule has 0 radical (unpaired) electrons. The highest BCUT2D eigenvalue weighted by atomic mass is 16.5. The molecule has 1 heterocycles. The molecule has 0 spiro atoms. The Morgan fingerprint density at radius 3 is 2.73 bits per heavy atom. The molecular weight excluding hydrogens is 190 g/mol. The number of rotatable bonds is 3. The first-order valence-electron chi connectivity index (χ1n) is 5.50. The van der Waals surface area contributed by atoms with Crippen molar-refractivity contribution in [2.75, 3.05) is 0 Å². The van der Waals surface area contributed by atoms with Crippen molar-refractivity contribution in [1.29, 1.82) is 0 Å². The van der Waals surface area contributed by atoms with Crippen molar-refractivity contribution in [3.63, 3.8) is 0 Å². The maximum atomic E-state index is 9.47. The molecule has 3 nitrogen and oxygen atoms in total. The summed E-state index contributed by atoms with van der Waals surface area (Å²) in [6.45, 7) is 1.86. The second kappa shape index (κ2) is 4.62. The zero-order valence-electron chi connectivity index (χ0n) is 8.97. The van der Waals surface area contributed by atoms with E-state index in [9.17, 15) is 5.11 Å². The number of aliphatic hydroxyl groups excluding tert-OH is 1. The number of hydrogen-bond acceptors (Lipinski definition) is 3. The summed E-state index contributed by atoms with van der Waals surface area (Å²) in [4.78, 5) is 3.94. The van der Waals surface area contributed by atoms with Gasteiger partial charge in [-0.25, -0.2) is 0 Å². The number of pyridine rings is 1. The second-order valence-corrected chi connectivity index (χ2v) is 4.24. The normalized spacial score (nSPS) is 27.6. The first-order valence-corrected chi connectivity index (χ1v) is 5.50. The Labute approximate surface area is 90.1 Å². The van der Waals surface area contributed by atoms with Crippen molar-refractivity contribution >= 4 is 0 Å². The molecule has 0 amide bonds. The van der Waals surface area contributed by atoms with E-state index in [-0.39, 0.29) is 12.2 Å². The lowest BCUT2D eigenvalue weighted by Gasteiger charge is -2.15. The van der Waals surface area contributed by atoms with Gasteiger partial charge in [-0.15, -0.1) is 0 Å². The van der Waals surface area contributed by atoms with Crippen molar-refractivity contribution in [3.8, 4) is 5.75 Å². The molecule has 1 saturated carbocycles. The summed E-state index contributed by atoms with van der Waals surface area (Å²) in [7, 11) is 0. The molecule has 1 fully saturated rings. The van der Waals surface area contributed by atoms with Crippen LogP contribution in [-0.2, 0) is 0 Å². The van der Waals surface area contributed by atoms with E-state index in [0.717, 1.165) is 25.0 Å². The molecule has 0 saturated heterocycles. The van der Waals surface area contributed by atoms with Gasteiger partial charge in [0, 0.05) is 12.4 Å². The minimum Gasteiger partial charge on any atom is -0.490 e. The van der Waals surface area contributed by atoms with Gasteiger partial charge in [0.05, 0.1) is 12.2 Å². The fourth-order valence-corrected chi connectivity index (χ4v) is 2.13. The molecule has 3 heteroatoms. The highest BCUT2D eigenvalue weighted by Crippen LogP contribution is 2.31. The SMILES string of the molecule is CC(O)C1CCC(Oc2ccncc2)C1. The van der Waals surface area contributed by atoms with Crippen LogP contribution in [0.5, 0.6) is 5.75 Å². The number of aromatic nitrogens is 1. The summed E-state index contributed by atoms with van der Waals surface area (Å²) in [5.74, 6) is 1.28. The summed E-state index contributed by atoms with van der Waals surface area (Å²) in [6, 6.07) is 3.74. The molecule has 1 N–H and O–H groups in total. The molecular formula is C12H17NO2. The summed E-state index contributed by atoms with van der Waals surface area (Å²) in [5, 5.41) is 9.47. The van der Waals surface area contributed by atoms with Gasteiger partial charge in [0.25, 0.3) is 0 Å². The third-order valence-electron chi connectivity index (χ3n) is 3.06. The first-order chi connectivity index (χ1) is 7.25. The Balaban J connectivity index is 1.88. The average molecular weight is 207 g/mol. The van der Waals surface area contributed by atoms with Crippen LogP contribution in [-0.4, -0.2) is 22.3 Å². The third-order valence-corrected chi connectivity index (χ3v) is 3.06. The van der Waals surface area contributed by atoms with Crippen molar-refractivity contribution in [1.82, 2.24) is 4.98 Å². The lowest BCUT2D eigenvalue weighted by Crippen LogP contribution is -2.17. The molecule has 2 rings (SSSR count). The lowest BCUT2D eigenvalue weighted by atomic mass is 10.0. The summed E-state index contributed by atoms with van der Waals surface area (Å²) >= 11 is 0. The smallest absolute Gasteiger partial charge is 0.122 e. The number of ether oxygens (including phenoxy) is 1. The van der Waals surface area contributed by atoms with Gasteiger partial charge in [0.1, 0.15) is 5.75 Å². The van der Waals surface area contributed by atoms with Crippen molar-refractivity contribution < 1.29 is 9.84 Å². The minimum absolute atomic E-state index is 0.212. The van der Waals surface area contributed by atoms with Crippen LogP contribution in [0.15, 0.2) is 24.5 Å². The molecule has 1 aromatic heterocycles. The van der Waals surface area contributed by atoms with Gasteiger partial charge in [-0.1, -0.05) is 0 Å². The van der Waals surface area contributed by atoms with E-state index in [0.29, 0.717) is 5.92 Å². The standard InChI is InChI=1S/C12H17NO2/c1-9(14)10-2-3-12(8-10)15-11-4-6-13-7-5-11/h4-7,9-10,12,14H,2-3,8H2,1H3. The zero-order valence-corrected chi connectivity index (χ0v) is 8.97.